The Bertz CT molecular complexity index is 2180. The van der Waals surface area contributed by atoms with Crippen LogP contribution in [0.4, 0.5) is 5.69 Å². The lowest BCUT2D eigenvalue weighted by molar-refractivity contribution is -0.393. The summed E-state index contributed by atoms with van der Waals surface area (Å²) in [6.07, 6.45) is -52.2. The number of nitrogens with one attached hydrogen (secondary N) is 1. The first-order valence-corrected chi connectivity index (χ1v) is 27.2. The summed E-state index contributed by atoms with van der Waals surface area (Å²) in [6, 6.07) is 3.09. The van der Waals surface area contributed by atoms with E-state index in [4.69, 9.17) is 67.3 Å². The number of amides is 1. The highest BCUT2D eigenvalue weighted by molar-refractivity contribution is 5.73. The molecule has 0 aliphatic carbocycles. The number of hydrogen-bond donors (Lipinski definition) is 18. The predicted octanol–water partition coefficient (Wildman–Crippen LogP) is -9.78. The number of ether oxygens (including phenoxy) is 13. The lowest BCUT2D eigenvalue weighted by atomic mass is 9.94. The first-order chi connectivity index (χ1) is 40.0. The minimum Gasteiger partial charge on any atom is -0.491 e. The van der Waals surface area contributed by atoms with Crippen LogP contribution in [0.1, 0.15) is 33.1 Å². The number of nitro benzene ring substituents is 1. The van der Waals surface area contributed by atoms with Gasteiger partial charge in [-0.15, -0.1) is 0 Å². The van der Waals surface area contributed by atoms with Gasteiger partial charge in [-0.25, -0.2) is 0 Å². The van der Waals surface area contributed by atoms with Crippen LogP contribution in [-0.2, 0) is 61.6 Å². The van der Waals surface area contributed by atoms with Gasteiger partial charge in [0.25, 0.3) is 5.69 Å². The van der Waals surface area contributed by atoms with E-state index in [1.54, 1.807) is 0 Å². The van der Waals surface area contributed by atoms with Gasteiger partial charge >= 0.3 is 0 Å². The number of nitrogens with zero attached hydrogens (tertiary/aromatic N) is 1. The van der Waals surface area contributed by atoms with E-state index < -0.39 is 228 Å². The molecule has 6 aliphatic rings. The fraction of sp³-hybridized carbons (Fsp3) is 0.857. The van der Waals surface area contributed by atoms with Crippen molar-refractivity contribution >= 4 is 11.6 Å². The zero-order chi connectivity index (χ0) is 61.4. The van der Waals surface area contributed by atoms with Crippen molar-refractivity contribution in [1.29, 1.82) is 0 Å². The number of aliphatic hydroxyl groups excluding tert-OH is 16. The highest BCUT2D eigenvalue weighted by atomic mass is 16.8. The van der Waals surface area contributed by atoms with Crippen LogP contribution < -0.4 is 15.8 Å². The van der Waals surface area contributed by atoms with Crippen molar-refractivity contribution < 1.29 is 153 Å². The number of hydrogen-bond acceptors (Lipinski definition) is 33. The van der Waals surface area contributed by atoms with E-state index in [9.17, 15) is 96.6 Å². The van der Waals surface area contributed by atoms with E-state index >= 15 is 0 Å². The van der Waals surface area contributed by atoms with Gasteiger partial charge in [0.05, 0.1) is 37.5 Å². The molecular weight excluding hydrogens is 1140 g/mol. The Morgan fingerprint density at radius 3 is 1.57 bits per heavy atom. The second-order valence-electron chi connectivity index (χ2n) is 21.1. The highest BCUT2D eigenvalue weighted by Crippen LogP contribution is 2.38. The summed E-state index contributed by atoms with van der Waals surface area (Å²) < 4.78 is 76.1. The van der Waals surface area contributed by atoms with Crippen LogP contribution >= 0.6 is 0 Å². The third-order valence-corrected chi connectivity index (χ3v) is 15.2. The van der Waals surface area contributed by atoms with E-state index in [2.05, 4.69) is 5.32 Å². The number of unbranched alkanes of at least 4 members (excludes halogenated alkanes) is 2. The molecule has 7 rings (SSSR count). The molecule has 0 saturated carbocycles. The molecule has 1 amide bonds. The van der Waals surface area contributed by atoms with Crippen molar-refractivity contribution in [3.63, 3.8) is 0 Å². The van der Waals surface area contributed by atoms with Crippen molar-refractivity contribution in [3.05, 3.63) is 34.4 Å². The fourth-order valence-corrected chi connectivity index (χ4v) is 10.4. The molecule has 17 unspecified atom stereocenters. The third kappa shape index (κ3) is 15.6. The molecule has 84 heavy (non-hydrogen) atoms. The molecule has 6 heterocycles. The first kappa shape index (κ1) is 68.2. The van der Waals surface area contributed by atoms with Crippen molar-refractivity contribution in [2.24, 2.45) is 5.73 Å². The average molecular weight is 1220 g/mol. The number of rotatable bonds is 25. The lowest BCUT2D eigenvalue weighted by Crippen LogP contribution is -2.70. The molecule has 35 nitrogen and oxygen atoms in total. The Labute approximate surface area is 478 Å². The maximum atomic E-state index is 12.9. The average Bonchev–Trinajstić information content (AvgIpc) is 3.55. The smallest absolute Gasteiger partial charge is 0.269 e. The van der Waals surface area contributed by atoms with Gasteiger partial charge in [-0.05, 0) is 44.9 Å². The Balaban J connectivity index is 1.09. The van der Waals surface area contributed by atoms with E-state index in [0.29, 0.717) is 25.8 Å². The second-order valence-corrected chi connectivity index (χ2v) is 21.1. The summed E-state index contributed by atoms with van der Waals surface area (Å²) in [7, 11) is 0. The quantitative estimate of drug-likeness (QED) is 0.0246. The van der Waals surface area contributed by atoms with Crippen LogP contribution in [0.2, 0.25) is 0 Å². The lowest BCUT2D eigenvalue weighted by Gasteiger charge is -2.51. The van der Waals surface area contributed by atoms with Crippen LogP contribution in [0.5, 0.6) is 5.75 Å². The highest BCUT2D eigenvalue weighted by Gasteiger charge is 2.58. The Morgan fingerprint density at radius 1 is 0.512 bits per heavy atom. The largest absolute Gasteiger partial charge is 0.491 e. The van der Waals surface area contributed by atoms with Crippen molar-refractivity contribution in [2.75, 3.05) is 46.2 Å². The van der Waals surface area contributed by atoms with Crippen molar-refractivity contribution in [3.8, 4) is 5.75 Å². The standard InChI is InChI=1S/C49H79N3O32/c1-17-27(58)31(62)35(66)46(74-17)84-43-32(63)28(59)21(12-53)77-49(43)82-41-26(51-18(2)57)44(75-22(13-54)29(41)60)83-42-30(61)23(14-55)76-48(38(42)69)80-39-24(15-56)78-47(37(68)34(39)65)81-40-25(16-73-20-8-6-19(7-9-20)52(70)71)79-45(36(67)33(40)64)72-11-5-3-4-10-50/h6-9,17,21-49,53-56,58-69H,3-5,10-16,50H2,1-2H3,(H,51,57)/t17?,21?,22?,23?,24?,25?,26?,27-,28+,29+,30+,31?,32?,33?,34?,35?,36?,37+,38?,39+,40-,41?,42?,43?,44+,45-,46+,47+,48-,49+/m1/s1. The molecule has 6 saturated heterocycles. The maximum Gasteiger partial charge on any atom is 0.269 e. The van der Waals surface area contributed by atoms with Crippen molar-refractivity contribution in [2.45, 2.75) is 217 Å². The molecule has 1 aromatic rings. The number of carbonyl (C=O) groups is 1. The predicted molar refractivity (Wildman–Crippen MR) is 267 cm³/mol. The van der Waals surface area contributed by atoms with Gasteiger partial charge in [-0.2, -0.15) is 0 Å². The summed E-state index contributed by atoms with van der Waals surface area (Å²) in [5.41, 5.74) is 5.33. The summed E-state index contributed by atoms with van der Waals surface area (Å²) in [5.74, 6) is -0.767. The summed E-state index contributed by atoms with van der Waals surface area (Å²) >= 11 is 0. The summed E-state index contributed by atoms with van der Waals surface area (Å²) in [6.45, 7) is -1.73. The number of nitro groups is 1. The fourth-order valence-electron chi connectivity index (χ4n) is 10.4. The number of aliphatic hydroxyl groups is 16. The monoisotopic (exact) mass is 1220 g/mol. The SMILES string of the molecule is CC(=O)NC1C(O[C@@H]2OC(CO)[C@H](O)C(O)C2O[C@@H]2OC(C)[C@@H](O)C(O)C2O)[C@@H](O)C(CO)O[C@H]1OC1C(O)[C@@H](O[C@H]2C(CO)O[C@@H](O[C@@H]3C(COc4ccc([N+](=O)[O-])cc4)O[C@@H](OCCCCCN)C(O)C3O)[C@@H](O)C2O)OC(CO)[C@@H]1O. The third-order valence-electron chi connectivity index (χ3n) is 15.2. The maximum absolute atomic E-state index is 12.9. The van der Waals surface area contributed by atoms with Crippen LogP contribution in [0.3, 0.4) is 0 Å². The van der Waals surface area contributed by atoms with Gasteiger partial charge in [-0.1, -0.05) is 0 Å². The molecule has 19 N–H and O–H groups in total. The summed E-state index contributed by atoms with van der Waals surface area (Å²) in [5, 5.41) is 190. The van der Waals surface area contributed by atoms with Gasteiger partial charge in [-0.3, -0.25) is 14.9 Å². The zero-order valence-electron chi connectivity index (χ0n) is 45.4. The first-order valence-electron chi connectivity index (χ1n) is 27.2. The molecule has 6 aliphatic heterocycles. The van der Waals surface area contributed by atoms with Gasteiger partial charge in [0.2, 0.25) is 5.91 Å². The van der Waals surface area contributed by atoms with E-state index in [0.717, 1.165) is 19.1 Å². The molecule has 0 aromatic heterocycles. The minimum atomic E-state index is -2.25. The number of non-ortho nitro benzene ring substituents is 1. The van der Waals surface area contributed by atoms with Gasteiger partial charge in [0, 0.05) is 25.7 Å². The minimum absolute atomic E-state index is 0.0675. The molecule has 0 spiro atoms. The molecular formula is C49H79N3O32. The Kier molecular flexibility index (Phi) is 25.0. The van der Waals surface area contributed by atoms with Crippen LogP contribution in [0.25, 0.3) is 0 Å². The van der Waals surface area contributed by atoms with Gasteiger partial charge < -0.3 is 154 Å². The zero-order valence-corrected chi connectivity index (χ0v) is 45.4. The molecule has 0 bridgehead atoms. The van der Waals surface area contributed by atoms with Crippen LogP contribution in [0.15, 0.2) is 24.3 Å². The van der Waals surface area contributed by atoms with Crippen LogP contribution in [0, 0.1) is 10.1 Å². The molecule has 482 valence electrons. The number of nitrogens with two attached hydrogens (primary N) is 1. The molecule has 6 fully saturated rings. The molecule has 0 radical (unpaired) electrons. The van der Waals surface area contributed by atoms with Crippen LogP contribution in [-0.4, -0.2) is 323 Å². The molecule has 30 atom stereocenters. The van der Waals surface area contributed by atoms with E-state index in [1.807, 2.05) is 0 Å². The van der Waals surface area contributed by atoms with Gasteiger partial charge in [0.1, 0.15) is 153 Å². The number of carbonyl (C=O) groups excluding carboxylic acids is 1. The van der Waals surface area contributed by atoms with Gasteiger partial charge in [0.15, 0.2) is 37.7 Å². The van der Waals surface area contributed by atoms with E-state index in [-0.39, 0.29) is 18.0 Å². The Hall–Kier alpha value is -3.27. The van der Waals surface area contributed by atoms with E-state index in [1.165, 1.54) is 19.1 Å². The Morgan fingerprint density at radius 2 is 0.976 bits per heavy atom. The molecule has 35 heteroatoms. The summed E-state index contributed by atoms with van der Waals surface area (Å²) in [4.78, 5) is 23.5. The number of benzene rings is 1. The second kappa shape index (κ2) is 30.8. The molecule has 1 aromatic carbocycles. The normalized spacial score (nSPS) is 44.8. The van der Waals surface area contributed by atoms with Crippen molar-refractivity contribution in [1.82, 2.24) is 5.32 Å². The topological polar surface area (TPSA) is 542 Å².